The van der Waals surface area contributed by atoms with E-state index in [0.717, 1.165) is 11.4 Å². The quantitative estimate of drug-likeness (QED) is 0.521. The van der Waals surface area contributed by atoms with Crippen LogP contribution in [0.25, 0.3) is 0 Å². The highest BCUT2D eigenvalue weighted by molar-refractivity contribution is 5.64. The third-order valence-corrected chi connectivity index (χ3v) is 1.51. The normalized spacial score (nSPS) is 10.4. The topological polar surface area (TPSA) is 24.8 Å². The zero-order valence-corrected chi connectivity index (χ0v) is 8.19. The number of aliphatic imine (C=N–C) groups is 1. The molecule has 1 aromatic rings. The van der Waals surface area contributed by atoms with E-state index in [9.17, 15) is 0 Å². The molecule has 70 valence electrons. The monoisotopic (exact) mass is 178 g/mol. The fourth-order valence-electron chi connectivity index (χ4n) is 0.914. The molecule has 1 aromatic carbocycles. The third-order valence-electron chi connectivity index (χ3n) is 1.51. The van der Waals surface area contributed by atoms with Crippen LogP contribution in [-0.2, 0) is 0 Å². The van der Waals surface area contributed by atoms with Gasteiger partial charge in [-0.2, -0.15) is 0 Å². The number of rotatable bonds is 3. The Balaban J connectivity index is 2.87. The first-order valence-corrected chi connectivity index (χ1v) is 4.07. The molecule has 0 aromatic heterocycles. The molecule has 0 aliphatic heterocycles. The molecule has 1 rings (SSSR count). The predicted octanol–water partition coefficient (Wildman–Crippen LogP) is 1.92. The standard InChI is InChI=1S/C10H14N2O/c1-12(2)8-11-9-6-4-5-7-10(9)13-3/h4-8H,1-3H3. The number of hydrogen-bond acceptors (Lipinski definition) is 2. The van der Waals surface area contributed by atoms with Crippen LogP contribution in [0, 0.1) is 0 Å². The van der Waals surface area contributed by atoms with Gasteiger partial charge >= 0.3 is 0 Å². The van der Waals surface area contributed by atoms with Crippen molar-refractivity contribution in [3.8, 4) is 5.75 Å². The Morgan fingerprint density at radius 3 is 2.62 bits per heavy atom. The van der Waals surface area contributed by atoms with Crippen molar-refractivity contribution in [2.24, 2.45) is 4.99 Å². The number of para-hydroxylation sites is 2. The van der Waals surface area contributed by atoms with Crippen LogP contribution in [-0.4, -0.2) is 32.4 Å². The van der Waals surface area contributed by atoms with E-state index in [1.807, 2.05) is 43.3 Å². The van der Waals surface area contributed by atoms with Crippen LogP contribution >= 0.6 is 0 Å². The van der Waals surface area contributed by atoms with Gasteiger partial charge in [-0.15, -0.1) is 0 Å². The van der Waals surface area contributed by atoms with Gasteiger partial charge in [0.15, 0.2) is 0 Å². The second kappa shape index (κ2) is 4.50. The van der Waals surface area contributed by atoms with Crippen molar-refractivity contribution in [3.05, 3.63) is 24.3 Å². The summed E-state index contributed by atoms with van der Waals surface area (Å²) < 4.78 is 5.15. The van der Waals surface area contributed by atoms with Crippen molar-refractivity contribution < 1.29 is 4.74 Å². The second-order valence-corrected chi connectivity index (χ2v) is 2.88. The van der Waals surface area contributed by atoms with Gasteiger partial charge in [0, 0.05) is 14.1 Å². The zero-order chi connectivity index (χ0) is 9.68. The summed E-state index contributed by atoms with van der Waals surface area (Å²) in [6.07, 6.45) is 1.75. The van der Waals surface area contributed by atoms with Crippen molar-refractivity contribution in [3.63, 3.8) is 0 Å². The van der Waals surface area contributed by atoms with E-state index >= 15 is 0 Å². The van der Waals surface area contributed by atoms with Gasteiger partial charge in [-0.1, -0.05) is 12.1 Å². The van der Waals surface area contributed by atoms with Crippen LogP contribution in [0.15, 0.2) is 29.3 Å². The fraction of sp³-hybridized carbons (Fsp3) is 0.300. The van der Waals surface area contributed by atoms with Gasteiger partial charge in [0.1, 0.15) is 11.4 Å². The van der Waals surface area contributed by atoms with Gasteiger partial charge in [0.25, 0.3) is 0 Å². The molecule has 0 unspecified atom stereocenters. The summed E-state index contributed by atoms with van der Waals surface area (Å²) in [6.45, 7) is 0. The molecule has 0 aliphatic carbocycles. The Labute approximate surface area is 78.7 Å². The number of hydrogen-bond donors (Lipinski definition) is 0. The first kappa shape index (κ1) is 9.58. The molecule has 0 saturated carbocycles. The lowest BCUT2D eigenvalue weighted by Gasteiger charge is -2.05. The SMILES string of the molecule is COc1ccccc1N=CN(C)C. The van der Waals surface area contributed by atoms with Gasteiger partial charge in [-0.25, -0.2) is 4.99 Å². The molecule has 0 aliphatic rings. The summed E-state index contributed by atoms with van der Waals surface area (Å²) in [5.41, 5.74) is 0.846. The summed E-state index contributed by atoms with van der Waals surface area (Å²) in [4.78, 5) is 6.13. The third kappa shape index (κ3) is 2.78. The first-order valence-electron chi connectivity index (χ1n) is 4.07. The lowest BCUT2D eigenvalue weighted by molar-refractivity contribution is 0.416. The van der Waals surface area contributed by atoms with Crippen molar-refractivity contribution in [1.82, 2.24) is 4.90 Å². The molecule has 0 atom stereocenters. The molecule has 0 saturated heterocycles. The van der Waals surface area contributed by atoms with Gasteiger partial charge in [0.05, 0.1) is 13.4 Å². The molecular formula is C10H14N2O. The number of ether oxygens (including phenoxy) is 1. The summed E-state index contributed by atoms with van der Waals surface area (Å²) in [5, 5.41) is 0. The van der Waals surface area contributed by atoms with E-state index in [4.69, 9.17) is 4.74 Å². The number of nitrogens with zero attached hydrogens (tertiary/aromatic N) is 2. The Kier molecular flexibility index (Phi) is 3.31. The van der Waals surface area contributed by atoms with E-state index in [1.54, 1.807) is 13.4 Å². The highest BCUT2D eigenvalue weighted by Crippen LogP contribution is 2.25. The lowest BCUT2D eigenvalue weighted by atomic mass is 10.3. The molecule has 13 heavy (non-hydrogen) atoms. The largest absolute Gasteiger partial charge is 0.494 e. The highest BCUT2D eigenvalue weighted by atomic mass is 16.5. The summed E-state index contributed by atoms with van der Waals surface area (Å²) >= 11 is 0. The second-order valence-electron chi connectivity index (χ2n) is 2.88. The summed E-state index contributed by atoms with van der Waals surface area (Å²) in [5.74, 6) is 0.792. The van der Waals surface area contributed by atoms with Crippen LogP contribution < -0.4 is 4.74 Å². The maximum atomic E-state index is 5.15. The number of benzene rings is 1. The highest BCUT2D eigenvalue weighted by Gasteiger charge is 1.96. The molecule has 0 radical (unpaired) electrons. The molecule has 3 heteroatoms. The molecule has 0 heterocycles. The van der Waals surface area contributed by atoms with Gasteiger partial charge < -0.3 is 9.64 Å². The van der Waals surface area contributed by atoms with E-state index in [2.05, 4.69) is 4.99 Å². The molecule has 0 spiro atoms. The van der Waals surface area contributed by atoms with Crippen LogP contribution in [0.4, 0.5) is 5.69 Å². The summed E-state index contributed by atoms with van der Waals surface area (Å²) in [7, 11) is 5.50. The smallest absolute Gasteiger partial charge is 0.144 e. The van der Waals surface area contributed by atoms with Crippen LogP contribution in [0.5, 0.6) is 5.75 Å². The molecule has 0 fully saturated rings. The van der Waals surface area contributed by atoms with Crippen molar-refractivity contribution >= 4 is 12.0 Å². The minimum absolute atomic E-state index is 0.792. The Bertz CT molecular complexity index is 295. The molecule has 3 nitrogen and oxygen atoms in total. The van der Waals surface area contributed by atoms with Crippen LogP contribution in [0.1, 0.15) is 0 Å². The van der Waals surface area contributed by atoms with Crippen molar-refractivity contribution in [2.75, 3.05) is 21.2 Å². The Hall–Kier alpha value is -1.51. The predicted molar refractivity (Wildman–Crippen MR) is 54.8 cm³/mol. The minimum atomic E-state index is 0.792. The lowest BCUT2D eigenvalue weighted by Crippen LogP contribution is -2.07. The number of methoxy groups -OCH3 is 1. The summed E-state index contributed by atoms with van der Waals surface area (Å²) in [6, 6.07) is 7.67. The van der Waals surface area contributed by atoms with Crippen molar-refractivity contribution in [2.45, 2.75) is 0 Å². The Morgan fingerprint density at radius 2 is 2.00 bits per heavy atom. The molecule has 0 N–H and O–H groups in total. The van der Waals surface area contributed by atoms with Crippen LogP contribution in [0.3, 0.4) is 0 Å². The first-order chi connectivity index (χ1) is 6.24. The average molecular weight is 178 g/mol. The van der Waals surface area contributed by atoms with Gasteiger partial charge in [-0.3, -0.25) is 0 Å². The maximum absolute atomic E-state index is 5.15. The molecule has 0 bridgehead atoms. The van der Waals surface area contributed by atoms with Crippen LogP contribution in [0.2, 0.25) is 0 Å². The van der Waals surface area contributed by atoms with Crippen molar-refractivity contribution in [1.29, 1.82) is 0 Å². The zero-order valence-electron chi connectivity index (χ0n) is 8.19. The molecular weight excluding hydrogens is 164 g/mol. The van der Waals surface area contributed by atoms with Gasteiger partial charge in [-0.05, 0) is 12.1 Å². The van der Waals surface area contributed by atoms with Gasteiger partial charge in [0.2, 0.25) is 0 Å². The molecule has 0 amide bonds. The fourth-order valence-corrected chi connectivity index (χ4v) is 0.914. The van der Waals surface area contributed by atoms with E-state index in [0.29, 0.717) is 0 Å². The minimum Gasteiger partial charge on any atom is -0.494 e. The van der Waals surface area contributed by atoms with E-state index < -0.39 is 0 Å². The Morgan fingerprint density at radius 1 is 1.31 bits per heavy atom. The van der Waals surface area contributed by atoms with E-state index in [-0.39, 0.29) is 0 Å². The maximum Gasteiger partial charge on any atom is 0.144 e. The van der Waals surface area contributed by atoms with E-state index in [1.165, 1.54) is 0 Å². The average Bonchev–Trinajstić information content (AvgIpc) is 2.15.